The predicted molar refractivity (Wildman–Crippen MR) is 101 cm³/mol. The summed E-state index contributed by atoms with van der Waals surface area (Å²) in [6.45, 7) is 3.84. The van der Waals surface area contributed by atoms with Crippen LogP contribution in [0.2, 0.25) is 5.02 Å². The summed E-state index contributed by atoms with van der Waals surface area (Å²) in [4.78, 5) is 30.5. The Hall–Kier alpha value is -2.87. The topological polar surface area (TPSA) is 88.8 Å². The fraction of sp³-hybridized carbons (Fsp3) is 0.333. The lowest BCUT2D eigenvalue weighted by Gasteiger charge is -2.36. The summed E-state index contributed by atoms with van der Waals surface area (Å²) in [7, 11) is 0. The van der Waals surface area contributed by atoms with Crippen LogP contribution >= 0.6 is 11.6 Å². The largest absolute Gasteiger partial charge is 0.476 e. The summed E-state index contributed by atoms with van der Waals surface area (Å²) in [5.41, 5.74) is 1.53. The molecule has 27 heavy (non-hydrogen) atoms. The van der Waals surface area contributed by atoms with Gasteiger partial charge < -0.3 is 24.7 Å². The lowest BCUT2D eigenvalue weighted by Crippen LogP contribution is -2.50. The Morgan fingerprint density at radius 3 is 2.67 bits per heavy atom. The lowest BCUT2D eigenvalue weighted by molar-refractivity contribution is -0.390. The maximum Gasteiger partial charge on any atom is 0.406 e. The maximum absolute atomic E-state index is 12.4. The molecule has 1 aromatic carbocycles. The summed E-state index contributed by atoms with van der Waals surface area (Å²) < 4.78 is 5.37. The van der Waals surface area contributed by atoms with Crippen LogP contribution in [0.15, 0.2) is 36.4 Å². The molecule has 1 amide bonds. The van der Waals surface area contributed by atoms with E-state index in [-0.39, 0.29) is 24.1 Å². The van der Waals surface area contributed by atoms with Crippen LogP contribution < -0.4 is 9.64 Å². The second kappa shape index (κ2) is 8.22. The minimum atomic E-state index is -0.615. The molecular formula is C18H19ClN4O4. The number of pyridine rings is 1. The average Bonchev–Trinajstić information content (AvgIpc) is 2.66. The quantitative estimate of drug-likeness (QED) is 0.576. The third kappa shape index (κ3) is 4.65. The molecule has 1 aromatic heterocycles. The summed E-state index contributed by atoms with van der Waals surface area (Å²) in [5.74, 6) is -0.597. The maximum atomic E-state index is 12.4. The van der Waals surface area contributed by atoms with E-state index in [0.717, 1.165) is 5.69 Å². The van der Waals surface area contributed by atoms with Gasteiger partial charge in [0.25, 0.3) is 5.91 Å². The van der Waals surface area contributed by atoms with E-state index in [4.69, 9.17) is 16.3 Å². The van der Waals surface area contributed by atoms with Crippen LogP contribution in [0, 0.1) is 17.0 Å². The van der Waals surface area contributed by atoms with Crippen molar-refractivity contribution in [2.24, 2.45) is 0 Å². The number of aromatic nitrogens is 1. The molecular weight excluding hydrogens is 372 g/mol. The first kappa shape index (κ1) is 18.9. The second-order valence-electron chi connectivity index (χ2n) is 6.17. The SMILES string of the molecule is Cc1ccc(OCC(=O)N2CCN(c3cccc(Cl)c3)CC2)c([N+](=O)[O-])n1. The van der Waals surface area contributed by atoms with Crippen molar-refractivity contribution in [3.63, 3.8) is 0 Å². The number of nitro groups is 1. The highest BCUT2D eigenvalue weighted by Crippen LogP contribution is 2.25. The number of nitrogens with zero attached hydrogens (tertiary/aromatic N) is 4. The van der Waals surface area contributed by atoms with Crippen LogP contribution in [0.1, 0.15) is 5.69 Å². The molecule has 2 aromatic rings. The number of piperazine rings is 1. The van der Waals surface area contributed by atoms with Crippen molar-refractivity contribution >= 4 is 29.0 Å². The summed E-state index contributed by atoms with van der Waals surface area (Å²) >= 11 is 6.03. The zero-order valence-electron chi connectivity index (χ0n) is 14.8. The molecule has 0 spiro atoms. The number of anilines is 1. The van der Waals surface area contributed by atoms with Crippen LogP contribution in [-0.4, -0.2) is 53.5 Å². The van der Waals surface area contributed by atoms with Crippen LogP contribution in [0.3, 0.4) is 0 Å². The number of amides is 1. The molecule has 1 saturated heterocycles. The van der Waals surface area contributed by atoms with Gasteiger partial charge in [0.1, 0.15) is 5.69 Å². The van der Waals surface area contributed by atoms with Crippen LogP contribution in [0.25, 0.3) is 0 Å². The van der Waals surface area contributed by atoms with Gasteiger partial charge in [0.2, 0.25) is 5.75 Å². The van der Waals surface area contributed by atoms with Gasteiger partial charge >= 0.3 is 5.82 Å². The van der Waals surface area contributed by atoms with Gasteiger partial charge in [-0.1, -0.05) is 17.7 Å². The van der Waals surface area contributed by atoms with E-state index in [0.29, 0.717) is 36.9 Å². The molecule has 0 radical (unpaired) electrons. The standard InChI is InChI=1S/C18H19ClN4O4/c1-13-5-6-16(18(20-13)23(25)26)27-12-17(24)22-9-7-21(8-10-22)15-4-2-3-14(19)11-15/h2-6,11H,7-10,12H2,1H3. The molecule has 2 heterocycles. The Kier molecular flexibility index (Phi) is 5.75. The molecule has 0 unspecified atom stereocenters. The lowest BCUT2D eigenvalue weighted by atomic mass is 10.2. The fourth-order valence-corrected chi connectivity index (χ4v) is 3.08. The molecule has 142 valence electrons. The van der Waals surface area contributed by atoms with Crippen molar-refractivity contribution in [1.82, 2.24) is 9.88 Å². The molecule has 0 N–H and O–H groups in total. The summed E-state index contributed by atoms with van der Waals surface area (Å²) in [6.07, 6.45) is 0. The number of benzene rings is 1. The third-order valence-corrected chi connectivity index (χ3v) is 4.54. The van der Waals surface area contributed by atoms with Gasteiger partial charge in [0.15, 0.2) is 6.61 Å². The number of hydrogen-bond donors (Lipinski definition) is 0. The van der Waals surface area contributed by atoms with E-state index in [1.54, 1.807) is 17.9 Å². The second-order valence-corrected chi connectivity index (χ2v) is 6.60. The molecule has 3 rings (SSSR count). The van der Waals surface area contributed by atoms with Crippen LogP contribution in [0.5, 0.6) is 5.75 Å². The average molecular weight is 391 g/mol. The van der Waals surface area contributed by atoms with E-state index in [1.165, 1.54) is 6.07 Å². The van der Waals surface area contributed by atoms with E-state index in [1.807, 2.05) is 24.3 Å². The number of halogens is 1. The fourth-order valence-electron chi connectivity index (χ4n) is 2.89. The van der Waals surface area contributed by atoms with Crippen molar-refractivity contribution < 1.29 is 14.5 Å². The molecule has 8 nitrogen and oxygen atoms in total. The molecule has 1 fully saturated rings. The highest BCUT2D eigenvalue weighted by Gasteiger charge is 2.23. The Bertz CT molecular complexity index is 853. The molecule has 0 aliphatic carbocycles. The van der Waals surface area contributed by atoms with Crippen molar-refractivity contribution in [2.75, 3.05) is 37.7 Å². The minimum absolute atomic E-state index is 0.00323. The minimum Gasteiger partial charge on any atom is -0.476 e. The number of rotatable bonds is 5. The molecule has 1 aliphatic heterocycles. The Morgan fingerprint density at radius 1 is 1.26 bits per heavy atom. The van der Waals surface area contributed by atoms with Gasteiger partial charge in [0, 0.05) is 43.8 Å². The van der Waals surface area contributed by atoms with Gasteiger partial charge in [-0.05, 0) is 40.2 Å². The highest BCUT2D eigenvalue weighted by molar-refractivity contribution is 6.30. The number of aryl methyl sites for hydroxylation is 1. The van der Waals surface area contributed by atoms with Crippen molar-refractivity contribution in [3.05, 3.63) is 57.2 Å². The van der Waals surface area contributed by atoms with E-state index >= 15 is 0 Å². The Balaban J connectivity index is 1.55. The summed E-state index contributed by atoms with van der Waals surface area (Å²) in [5, 5.41) is 11.7. The smallest absolute Gasteiger partial charge is 0.406 e. The third-order valence-electron chi connectivity index (χ3n) is 4.31. The van der Waals surface area contributed by atoms with E-state index < -0.39 is 4.92 Å². The molecule has 1 aliphatic rings. The van der Waals surface area contributed by atoms with Crippen molar-refractivity contribution in [2.45, 2.75) is 6.92 Å². The molecule has 0 atom stereocenters. The molecule has 9 heteroatoms. The van der Waals surface area contributed by atoms with Gasteiger partial charge in [-0.2, -0.15) is 0 Å². The van der Waals surface area contributed by atoms with Gasteiger partial charge in [-0.25, -0.2) is 0 Å². The van der Waals surface area contributed by atoms with Gasteiger partial charge in [-0.3, -0.25) is 4.79 Å². The first-order valence-electron chi connectivity index (χ1n) is 8.47. The van der Waals surface area contributed by atoms with Crippen molar-refractivity contribution in [3.8, 4) is 5.75 Å². The zero-order chi connectivity index (χ0) is 19.4. The van der Waals surface area contributed by atoms with Gasteiger partial charge in [-0.15, -0.1) is 0 Å². The first-order valence-corrected chi connectivity index (χ1v) is 8.85. The Morgan fingerprint density at radius 2 is 2.00 bits per heavy atom. The van der Waals surface area contributed by atoms with E-state index in [9.17, 15) is 14.9 Å². The van der Waals surface area contributed by atoms with Gasteiger partial charge in [0.05, 0.1) is 0 Å². The number of carbonyl (C=O) groups excluding carboxylic acids is 1. The number of carbonyl (C=O) groups is 1. The molecule has 0 bridgehead atoms. The van der Waals surface area contributed by atoms with Crippen molar-refractivity contribution in [1.29, 1.82) is 0 Å². The van der Waals surface area contributed by atoms with Crippen LogP contribution in [-0.2, 0) is 4.79 Å². The Labute approximate surface area is 161 Å². The highest BCUT2D eigenvalue weighted by atomic mass is 35.5. The normalized spacial score (nSPS) is 14.1. The van der Waals surface area contributed by atoms with Crippen LogP contribution in [0.4, 0.5) is 11.5 Å². The summed E-state index contributed by atoms with van der Waals surface area (Å²) in [6, 6.07) is 10.7. The number of hydrogen-bond acceptors (Lipinski definition) is 6. The predicted octanol–water partition coefficient (Wildman–Crippen LogP) is 2.68. The zero-order valence-corrected chi connectivity index (χ0v) is 15.6. The number of ether oxygens (including phenoxy) is 1. The first-order chi connectivity index (χ1) is 12.9. The van der Waals surface area contributed by atoms with E-state index in [2.05, 4.69) is 9.88 Å². The monoisotopic (exact) mass is 390 g/mol. The molecule has 0 saturated carbocycles.